The van der Waals surface area contributed by atoms with Gasteiger partial charge in [0.1, 0.15) is 0 Å². The van der Waals surface area contributed by atoms with E-state index in [0.29, 0.717) is 0 Å². The summed E-state index contributed by atoms with van der Waals surface area (Å²) in [5.41, 5.74) is 2.77. The quantitative estimate of drug-likeness (QED) is 0.591. The van der Waals surface area contributed by atoms with Gasteiger partial charge in [-0.3, -0.25) is 0 Å². The van der Waals surface area contributed by atoms with E-state index in [-0.39, 0.29) is 0 Å². The van der Waals surface area contributed by atoms with Crippen LogP contribution in [0.5, 0.6) is 0 Å². The van der Waals surface area contributed by atoms with Crippen LogP contribution in [-0.2, 0) is 4.74 Å². The van der Waals surface area contributed by atoms with Crippen molar-refractivity contribution in [3.63, 3.8) is 0 Å². The molecule has 0 atom stereocenters. The van der Waals surface area contributed by atoms with Crippen LogP contribution in [0.3, 0.4) is 0 Å². The van der Waals surface area contributed by atoms with Crippen molar-refractivity contribution in [1.29, 1.82) is 0 Å². The van der Waals surface area contributed by atoms with Gasteiger partial charge in [-0.25, -0.2) is 0 Å². The van der Waals surface area contributed by atoms with E-state index < -0.39 is 0 Å². The summed E-state index contributed by atoms with van der Waals surface area (Å²) in [7, 11) is 0. The monoisotopic (exact) mass is 152 g/mol. The first-order chi connectivity index (χ1) is 5.24. The van der Waals surface area contributed by atoms with Crippen LogP contribution >= 0.6 is 0 Å². The first-order valence-corrected chi connectivity index (χ1v) is 4.23. The van der Waals surface area contributed by atoms with Crippen LogP contribution in [0.4, 0.5) is 0 Å². The van der Waals surface area contributed by atoms with Gasteiger partial charge in [0.05, 0.1) is 12.4 Å². The Morgan fingerprint density at radius 2 is 2.09 bits per heavy atom. The third-order valence-electron chi connectivity index (χ3n) is 1.97. The Morgan fingerprint density at radius 1 is 1.36 bits per heavy atom. The van der Waals surface area contributed by atoms with E-state index in [1.807, 2.05) is 6.92 Å². The Morgan fingerprint density at radius 3 is 2.64 bits per heavy atom. The van der Waals surface area contributed by atoms with E-state index in [0.717, 1.165) is 19.4 Å². The molecule has 0 aliphatic heterocycles. The Kier molecular flexibility index (Phi) is 2.75. The summed E-state index contributed by atoms with van der Waals surface area (Å²) >= 11 is 0. The van der Waals surface area contributed by atoms with Gasteiger partial charge in [0, 0.05) is 6.42 Å². The van der Waals surface area contributed by atoms with Gasteiger partial charge in [-0.15, -0.1) is 0 Å². The number of hydrogen-bond acceptors (Lipinski definition) is 1. The molecule has 1 heteroatoms. The van der Waals surface area contributed by atoms with Gasteiger partial charge >= 0.3 is 0 Å². The fourth-order valence-corrected chi connectivity index (χ4v) is 1.39. The van der Waals surface area contributed by atoms with E-state index in [1.54, 1.807) is 0 Å². The molecule has 0 saturated heterocycles. The van der Waals surface area contributed by atoms with E-state index in [4.69, 9.17) is 4.74 Å². The predicted molar refractivity (Wildman–Crippen MR) is 47.3 cm³/mol. The number of hydrogen-bond donors (Lipinski definition) is 0. The van der Waals surface area contributed by atoms with Crippen molar-refractivity contribution in [1.82, 2.24) is 0 Å². The fraction of sp³-hybridized carbons (Fsp3) is 0.600. The highest BCUT2D eigenvalue weighted by Crippen LogP contribution is 2.23. The molecule has 1 rings (SSSR count). The topological polar surface area (TPSA) is 9.23 Å². The molecule has 1 nitrogen and oxygen atoms in total. The van der Waals surface area contributed by atoms with Crippen LogP contribution in [0.25, 0.3) is 0 Å². The first kappa shape index (κ1) is 8.38. The Bertz CT molecular complexity index is 195. The van der Waals surface area contributed by atoms with Crippen molar-refractivity contribution >= 4 is 0 Å². The molecule has 0 fully saturated rings. The zero-order valence-corrected chi connectivity index (χ0v) is 7.61. The molecular weight excluding hydrogens is 136 g/mol. The minimum absolute atomic E-state index is 0.791. The van der Waals surface area contributed by atoms with Crippen LogP contribution in [0.15, 0.2) is 23.0 Å². The van der Waals surface area contributed by atoms with Crippen molar-refractivity contribution in [3.05, 3.63) is 23.0 Å². The summed E-state index contributed by atoms with van der Waals surface area (Å²) in [5, 5.41) is 0. The molecule has 0 N–H and O–H groups in total. The lowest BCUT2D eigenvalue weighted by Crippen LogP contribution is -1.99. The van der Waals surface area contributed by atoms with Gasteiger partial charge in [0.25, 0.3) is 0 Å². The standard InChI is InChI=1S/C10H16O/c1-4-11-10-6-5-8(2)7-9(10)3/h7H,4-6H2,1-3H3. The highest BCUT2D eigenvalue weighted by molar-refractivity contribution is 5.28. The van der Waals surface area contributed by atoms with E-state index in [1.165, 1.54) is 16.9 Å². The summed E-state index contributed by atoms with van der Waals surface area (Å²) < 4.78 is 5.48. The minimum Gasteiger partial charge on any atom is -0.498 e. The highest BCUT2D eigenvalue weighted by atomic mass is 16.5. The second-order valence-corrected chi connectivity index (χ2v) is 3.03. The Labute approximate surface area is 68.8 Å². The molecule has 0 unspecified atom stereocenters. The van der Waals surface area contributed by atoms with E-state index >= 15 is 0 Å². The normalized spacial score (nSPS) is 18.3. The van der Waals surface area contributed by atoms with Gasteiger partial charge in [-0.05, 0) is 32.8 Å². The van der Waals surface area contributed by atoms with Crippen LogP contribution in [0.2, 0.25) is 0 Å². The SMILES string of the molecule is CCOC1=C(C)C=C(C)CC1. The summed E-state index contributed by atoms with van der Waals surface area (Å²) in [5.74, 6) is 1.18. The van der Waals surface area contributed by atoms with Crippen molar-refractivity contribution in [2.75, 3.05) is 6.61 Å². The lowest BCUT2D eigenvalue weighted by atomic mass is 10.0. The van der Waals surface area contributed by atoms with Crippen LogP contribution in [-0.4, -0.2) is 6.61 Å². The Balaban J connectivity index is 2.69. The zero-order valence-electron chi connectivity index (χ0n) is 7.61. The number of allylic oxidation sites excluding steroid dienone is 4. The largest absolute Gasteiger partial charge is 0.498 e. The molecule has 1 aliphatic rings. The van der Waals surface area contributed by atoms with Crippen molar-refractivity contribution in [2.45, 2.75) is 33.6 Å². The van der Waals surface area contributed by atoms with Crippen molar-refractivity contribution in [2.24, 2.45) is 0 Å². The zero-order chi connectivity index (χ0) is 8.27. The molecule has 1 aliphatic carbocycles. The second-order valence-electron chi connectivity index (χ2n) is 3.03. The fourth-order valence-electron chi connectivity index (χ4n) is 1.39. The second kappa shape index (κ2) is 3.61. The molecule has 62 valence electrons. The molecule has 0 aromatic heterocycles. The van der Waals surface area contributed by atoms with Crippen LogP contribution in [0.1, 0.15) is 33.6 Å². The maximum atomic E-state index is 5.48. The molecule has 0 amide bonds. The Hall–Kier alpha value is -0.720. The van der Waals surface area contributed by atoms with Crippen molar-refractivity contribution in [3.8, 4) is 0 Å². The molecule has 0 aromatic rings. The summed E-state index contributed by atoms with van der Waals surface area (Å²) in [6, 6.07) is 0. The summed E-state index contributed by atoms with van der Waals surface area (Å²) in [6.45, 7) is 7.12. The van der Waals surface area contributed by atoms with Gasteiger partial charge in [0.15, 0.2) is 0 Å². The summed E-state index contributed by atoms with van der Waals surface area (Å²) in [4.78, 5) is 0. The first-order valence-electron chi connectivity index (χ1n) is 4.23. The lowest BCUT2D eigenvalue weighted by Gasteiger charge is -2.16. The number of ether oxygens (including phenoxy) is 1. The molecule has 0 heterocycles. The maximum absolute atomic E-state index is 5.48. The molecular formula is C10H16O. The molecule has 0 radical (unpaired) electrons. The van der Waals surface area contributed by atoms with Gasteiger partial charge in [-0.1, -0.05) is 11.6 Å². The molecule has 0 spiro atoms. The number of rotatable bonds is 2. The van der Waals surface area contributed by atoms with Gasteiger partial charge in [0.2, 0.25) is 0 Å². The van der Waals surface area contributed by atoms with E-state index in [2.05, 4.69) is 19.9 Å². The molecule has 11 heavy (non-hydrogen) atoms. The van der Waals surface area contributed by atoms with Crippen LogP contribution in [0, 0.1) is 0 Å². The maximum Gasteiger partial charge on any atom is 0.0991 e. The average molecular weight is 152 g/mol. The average Bonchev–Trinajstić information content (AvgIpc) is 1.95. The molecule has 0 bridgehead atoms. The predicted octanol–water partition coefficient (Wildman–Crippen LogP) is 3.04. The third kappa shape index (κ3) is 2.11. The van der Waals surface area contributed by atoms with E-state index in [9.17, 15) is 0 Å². The lowest BCUT2D eigenvalue weighted by molar-refractivity contribution is 0.214. The smallest absolute Gasteiger partial charge is 0.0991 e. The van der Waals surface area contributed by atoms with Crippen molar-refractivity contribution < 1.29 is 4.74 Å². The van der Waals surface area contributed by atoms with Gasteiger partial charge < -0.3 is 4.74 Å². The third-order valence-corrected chi connectivity index (χ3v) is 1.97. The summed E-state index contributed by atoms with van der Waals surface area (Å²) in [6.07, 6.45) is 4.46. The van der Waals surface area contributed by atoms with Crippen LogP contribution < -0.4 is 0 Å². The molecule has 0 saturated carbocycles. The highest BCUT2D eigenvalue weighted by Gasteiger charge is 2.07. The molecule has 0 aromatic carbocycles. The minimum atomic E-state index is 0.791. The van der Waals surface area contributed by atoms with Gasteiger partial charge in [-0.2, -0.15) is 0 Å².